The summed E-state index contributed by atoms with van der Waals surface area (Å²) in [5.74, 6) is 1.52. The number of rotatable bonds is 6. The average molecular weight is 427 g/mol. The Balaban J connectivity index is 1.20. The molecule has 0 saturated carbocycles. The van der Waals surface area contributed by atoms with Crippen molar-refractivity contribution in [3.8, 4) is 11.5 Å². The minimum atomic E-state index is -0.483. The molecule has 4 rings (SSSR count). The molecule has 2 aliphatic heterocycles. The van der Waals surface area contributed by atoms with Crippen molar-refractivity contribution in [1.82, 2.24) is 10.6 Å². The number of amides is 1. The fraction of sp³-hybridized carbons (Fsp3) is 0.458. The summed E-state index contributed by atoms with van der Waals surface area (Å²) < 4.78 is 17.4. The molecule has 2 aliphatic rings. The van der Waals surface area contributed by atoms with Crippen LogP contribution in [0.25, 0.3) is 0 Å². The molecule has 0 unspecified atom stereocenters. The summed E-state index contributed by atoms with van der Waals surface area (Å²) in [6, 6.07) is 17.5. The minimum absolute atomic E-state index is 0.0248. The number of ether oxygens (including phenoxy) is 3. The highest BCUT2D eigenvalue weighted by Gasteiger charge is 2.33. The molecule has 0 spiro atoms. The zero-order chi connectivity index (χ0) is 21.5. The number of hydrogen-bond acceptors (Lipinski definition) is 6. The van der Waals surface area contributed by atoms with Crippen molar-refractivity contribution in [3.63, 3.8) is 0 Å². The van der Waals surface area contributed by atoms with E-state index in [1.165, 1.54) is 0 Å². The first-order chi connectivity index (χ1) is 15.2. The van der Waals surface area contributed by atoms with E-state index >= 15 is 0 Å². The van der Waals surface area contributed by atoms with Crippen LogP contribution in [0.5, 0.6) is 11.5 Å². The Morgan fingerprint density at radius 2 is 1.84 bits per heavy atom. The minimum Gasteiger partial charge on any atom is -0.457 e. The molecule has 2 saturated heterocycles. The predicted molar refractivity (Wildman–Crippen MR) is 116 cm³/mol. The first-order valence-electron chi connectivity index (χ1n) is 10.9. The number of aliphatic hydroxyl groups excluding tert-OH is 1. The van der Waals surface area contributed by atoms with E-state index in [9.17, 15) is 9.90 Å². The van der Waals surface area contributed by atoms with Gasteiger partial charge in [0.25, 0.3) is 0 Å². The van der Waals surface area contributed by atoms with Crippen LogP contribution in [0.2, 0.25) is 0 Å². The number of hydrogen-bond donors (Lipinski definition) is 3. The van der Waals surface area contributed by atoms with Gasteiger partial charge in [-0.1, -0.05) is 30.3 Å². The number of aliphatic hydroxyl groups is 1. The van der Waals surface area contributed by atoms with Crippen LogP contribution in [0, 0.1) is 0 Å². The lowest BCUT2D eigenvalue weighted by atomic mass is 9.96. The molecule has 2 fully saturated rings. The lowest BCUT2D eigenvalue weighted by Crippen LogP contribution is -2.53. The Kier molecular flexibility index (Phi) is 7.53. The van der Waals surface area contributed by atoms with Gasteiger partial charge in [0.2, 0.25) is 5.91 Å². The van der Waals surface area contributed by atoms with Gasteiger partial charge in [-0.05, 0) is 42.7 Å². The molecule has 7 heteroatoms. The van der Waals surface area contributed by atoms with Crippen LogP contribution in [0.3, 0.4) is 0 Å². The second kappa shape index (κ2) is 10.7. The van der Waals surface area contributed by atoms with E-state index in [4.69, 9.17) is 14.2 Å². The van der Waals surface area contributed by atoms with E-state index in [1.54, 1.807) is 0 Å². The molecule has 1 amide bonds. The molecule has 2 aromatic rings. The fourth-order valence-electron chi connectivity index (χ4n) is 3.95. The third-order valence-electron chi connectivity index (χ3n) is 5.63. The Morgan fingerprint density at radius 1 is 1.06 bits per heavy atom. The summed E-state index contributed by atoms with van der Waals surface area (Å²) in [6.45, 7) is 1.71. The van der Waals surface area contributed by atoms with Gasteiger partial charge in [0.05, 0.1) is 37.9 Å². The molecule has 2 heterocycles. The lowest BCUT2D eigenvalue weighted by molar-refractivity contribution is -0.137. The van der Waals surface area contributed by atoms with Crippen LogP contribution in [0.4, 0.5) is 0 Å². The van der Waals surface area contributed by atoms with E-state index in [1.807, 2.05) is 54.6 Å². The fourth-order valence-corrected chi connectivity index (χ4v) is 3.95. The monoisotopic (exact) mass is 426 g/mol. The maximum Gasteiger partial charge on any atom is 0.222 e. The molecular formula is C24H30N2O5. The largest absolute Gasteiger partial charge is 0.457 e. The summed E-state index contributed by atoms with van der Waals surface area (Å²) in [4.78, 5) is 12.4. The zero-order valence-electron chi connectivity index (χ0n) is 17.5. The molecule has 31 heavy (non-hydrogen) atoms. The average Bonchev–Trinajstić information content (AvgIpc) is 2.77. The Morgan fingerprint density at radius 3 is 2.65 bits per heavy atom. The highest BCUT2D eigenvalue weighted by Crippen LogP contribution is 2.24. The van der Waals surface area contributed by atoms with Crippen molar-refractivity contribution in [2.75, 3.05) is 19.8 Å². The number of para-hydroxylation sites is 1. The molecular weight excluding hydrogens is 396 g/mol. The topological polar surface area (TPSA) is 89.1 Å². The molecule has 0 aliphatic carbocycles. The number of fused-ring (bicyclic) bond motifs is 1. The summed E-state index contributed by atoms with van der Waals surface area (Å²) >= 11 is 0. The number of benzene rings is 2. The summed E-state index contributed by atoms with van der Waals surface area (Å²) in [6.07, 6.45) is 1.36. The number of nitrogens with one attached hydrogen (secondary N) is 2. The summed E-state index contributed by atoms with van der Waals surface area (Å²) in [5, 5.41) is 16.0. The van der Waals surface area contributed by atoms with Gasteiger partial charge in [0, 0.05) is 19.1 Å². The van der Waals surface area contributed by atoms with Gasteiger partial charge in [-0.2, -0.15) is 0 Å². The molecule has 3 N–H and O–H groups in total. The lowest BCUT2D eigenvalue weighted by Gasteiger charge is -2.38. The van der Waals surface area contributed by atoms with Crippen molar-refractivity contribution in [2.24, 2.45) is 0 Å². The van der Waals surface area contributed by atoms with Gasteiger partial charge in [-0.3, -0.25) is 4.79 Å². The van der Waals surface area contributed by atoms with Gasteiger partial charge >= 0.3 is 0 Å². The quantitative estimate of drug-likeness (QED) is 0.657. The first-order valence-corrected chi connectivity index (χ1v) is 10.9. The standard InChI is InChI=1S/C24H30N2O5/c27-18-14-25-22-11-10-21(31-23(22)16-29-15-18)12-24(28)26-13-17-6-8-20(9-7-17)30-19-4-2-1-3-5-19/h1-9,18,21-23,25,27H,10-16H2,(H,26,28)/t18-,21+,22+,23-/m1/s1. The van der Waals surface area contributed by atoms with Gasteiger partial charge in [0.1, 0.15) is 11.5 Å². The molecule has 2 aromatic carbocycles. The maximum absolute atomic E-state index is 12.4. The van der Waals surface area contributed by atoms with Crippen LogP contribution in [-0.2, 0) is 20.8 Å². The van der Waals surface area contributed by atoms with Gasteiger partial charge < -0.3 is 30.0 Å². The van der Waals surface area contributed by atoms with E-state index in [0.29, 0.717) is 32.7 Å². The van der Waals surface area contributed by atoms with Gasteiger partial charge in [-0.25, -0.2) is 0 Å². The van der Waals surface area contributed by atoms with Crippen LogP contribution in [-0.4, -0.2) is 55.1 Å². The Bertz CT molecular complexity index is 830. The van der Waals surface area contributed by atoms with Crippen LogP contribution in [0.15, 0.2) is 54.6 Å². The van der Waals surface area contributed by atoms with Crippen LogP contribution < -0.4 is 15.4 Å². The third-order valence-corrected chi connectivity index (χ3v) is 5.63. The molecule has 7 nitrogen and oxygen atoms in total. The molecule has 0 bridgehead atoms. The van der Waals surface area contributed by atoms with Crippen molar-refractivity contribution in [1.29, 1.82) is 0 Å². The SMILES string of the molecule is O=C(C[C@@H]1CC[C@@H]2NC[C@@H](O)COC[C@H]2O1)NCc1ccc(Oc2ccccc2)cc1. The summed E-state index contributed by atoms with van der Waals surface area (Å²) in [7, 11) is 0. The Labute approximate surface area is 182 Å². The molecule has 4 atom stereocenters. The molecule has 166 valence electrons. The van der Waals surface area contributed by atoms with Gasteiger partial charge in [0.15, 0.2) is 0 Å². The smallest absolute Gasteiger partial charge is 0.222 e. The van der Waals surface area contributed by atoms with E-state index in [0.717, 1.165) is 29.9 Å². The predicted octanol–water partition coefficient (Wildman–Crippen LogP) is 2.38. The van der Waals surface area contributed by atoms with Crippen molar-refractivity contribution >= 4 is 5.91 Å². The normalized spacial score (nSPS) is 26.2. The van der Waals surface area contributed by atoms with E-state index in [-0.39, 0.29) is 24.2 Å². The number of carbonyl (C=O) groups excluding carboxylic acids is 1. The first kappa shape index (κ1) is 21.8. The maximum atomic E-state index is 12.4. The van der Waals surface area contributed by atoms with Crippen LogP contribution in [0.1, 0.15) is 24.8 Å². The zero-order valence-corrected chi connectivity index (χ0v) is 17.5. The van der Waals surface area contributed by atoms with Crippen molar-refractivity contribution in [3.05, 3.63) is 60.2 Å². The number of β-amino-alcohol motifs (C(OH)–C–C–N with tert-alkyl or cyclic N) is 1. The second-order valence-corrected chi connectivity index (χ2v) is 8.12. The highest BCUT2D eigenvalue weighted by atomic mass is 16.5. The summed E-state index contributed by atoms with van der Waals surface area (Å²) in [5.41, 5.74) is 1.01. The van der Waals surface area contributed by atoms with Crippen LogP contribution >= 0.6 is 0 Å². The van der Waals surface area contributed by atoms with Crippen molar-refractivity contribution in [2.45, 2.75) is 50.2 Å². The molecule has 0 radical (unpaired) electrons. The van der Waals surface area contributed by atoms with E-state index < -0.39 is 6.10 Å². The Hall–Kier alpha value is -2.45. The van der Waals surface area contributed by atoms with Crippen molar-refractivity contribution < 1.29 is 24.1 Å². The van der Waals surface area contributed by atoms with E-state index in [2.05, 4.69) is 10.6 Å². The van der Waals surface area contributed by atoms with Gasteiger partial charge in [-0.15, -0.1) is 0 Å². The third kappa shape index (κ3) is 6.51. The second-order valence-electron chi connectivity index (χ2n) is 8.12. The number of carbonyl (C=O) groups is 1. The molecule has 0 aromatic heterocycles. The highest BCUT2D eigenvalue weighted by molar-refractivity contribution is 5.76.